The first kappa shape index (κ1) is 18.8. The first-order chi connectivity index (χ1) is 3.71. The van der Waals surface area contributed by atoms with Crippen LogP contribution in [0.4, 0.5) is 0 Å². The topological polar surface area (TPSA) is 136 Å². The average Bonchev–Trinajstić information content (AvgIpc) is 1.14. The van der Waals surface area contributed by atoms with Crippen molar-refractivity contribution in [1.29, 1.82) is 0 Å². The van der Waals surface area contributed by atoms with E-state index < -0.39 is 15.6 Å². The van der Waals surface area contributed by atoms with Gasteiger partial charge >= 0.3 is 55.8 Å². The van der Waals surface area contributed by atoms with Gasteiger partial charge in [0.05, 0.1) is 15.6 Å². The van der Waals surface area contributed by atoms with Crippen LogP contribution in [0.2, 0.25) is 0 Å². The van der Waals surface area contributed by atoms with Crippen LogP contribution >= 0.6 is 15.6 Å². The van der Waals surface area contributed by atoms with Crippen molar-refractivity contribution in [2.24, 2.45) is 0 Å². The van der Waals surface area contributed by atoms with Crippen molar-refractivity contribution < 1.29 is 88.8 Å². The molecule has 0 atom stereocenters. The predicted molar refractivity (Wildman–Crippen MR) is 16.3 cm³/mol. The Morgan fingerprint density at radius 2 is 1.09 bits per heavy atom. The molecule has 0 bridgehead atoms. The molecule has 0 amide bonds. The molecule has 7 nitrogen and oxygen atoms in total. The summed E-state index contributed by atoms with van der Waals surface area (Å²) in [4.78, 5) is 37.3. The van der Waals surface area contributed by atoms with Gasteiger partial charge in [-0.3, -0.25) is 0 Å². The van der Waals surface area contributed by atoms with E-state index in [-0.39, 0.29) is 55.8 Å². The molecule has 0 unspecified atom stereocenters. The fourth-order valence-electron chi connectivity index (χ4n) is 0.122. The number of phosphoric acid groups is 2. The maximum atomic E-state index is 9.32. The molecule has 0 aromatic heterocycles. The Morgan fingerprint density at radius 3 is 1.09 bits per heavy atom. The minimum absolute atomic E-state index is 0. The minimum Gasteiger partial charge on any atom is -0.790 e. The maximum Gasteiger partial charge on any atom is 4.00 e. The summed E-state index contributed by atoms with van der Waals surface area (Å²) in [6, 6.07) is 0. The Bertz CT molecular complexity index is 157. The van der Waals surface area contributed by atoms with E-state index in [0.717, 1.165) is 0 Å². The van der Waals surface area contributed by atoms with Crippen molar-refractivity contribution in [2.75, 3.05) is 0 Å². The van der Waals surface area contributed by atoms with Crippen molar-refractivity contribution in [3.8, 4) is 0 Å². The van der Waals surface area contributed by atoms with Crippen LogP contribution in [-0.2, 0) is 39.6 Å². The predicted octanol–water partition coefficient (Wildman–Crippen LogP) is -6.34. The SMILES string of the molecule is O=P([O-])([O-])OP(=O)([O-])[O-].[Na+].[Zr+4]. The summed E-state index contributed by atoms with van der Waals surface area (Å²) < 4.78 is 21.2. The molecule has 0 fully saturated rings. The molecule has 0 aromatic rings. The van der Waals surface area contributed by atoms with Crippen LogP contribution < -0.4 is 49.1 Å². The van der Waals surface area contributed by atoms with Gasteiger partial charge in [-0.25, -0.2) is 0 Å². The summed E-state index contributed by atoms with van der Waals surface area (Å²) in [7, 11) is -11.4. The molecule has 11 heavy (non-hydrogen) atoms. The number of hydrogen-bond donors (Lipinski definition) is 0. The molecule has 0 saturated heterocycles. The van der Waals surface area contributed by atoms with E-state index in [9.17, 15) is 28.7 Å². The molecule has 0 saturated carbocycles. The molecular formula is NaO7P2Zr+. The summed E-state index contributed by atoms with van der Waals surface area (Å²) in [5, 5.41) is 0. The van der Waals surface area contributed by atoms with E-state index in [4.69, 9.17) is 0 Å². The van der Waals surface area contributed by atoms with Gasteiger partial charge in [0.1, 0.15) is 0 Å². The summed E-state index contributed by atoms with van der Waals surface area (Å²) in [5.41, 5.74) is 0. The monoisotopic (exact) mass is 287 g/mol. The zero-order chi connectivity index (χ0) is 7.71. The number of rotatable bonds is 2. The second kappa shape index (κ2) is 6.58. The Balaban J connectivity index is -0.000000320. The van der Waals surface area contributed by atoms with Crippen molar-refractivity contribution in [3.63, 3.8) is 0 Å². The maximum absolute atomic E-state index is 9.32. The van der Waals surface area contributed by atoms with Gasteiger partial charge in [-0.15, -0.1) is 0 Å². The molecule has 0 aliphatic rings. The molecule has 0 heterocycles. The molecule has 0 spiro atoms. The smallest absolute Gasteiger partial charge is 0.790 e. The van der Waals surface area contributed by atoms with Gasteiger partial charge in [0.15, 0.2) is 0 Å². The zero-order valence-electron chi connectivity index (χ0n) is 5.25. The van der Waals surface area contributed by atoms with Crippen molar-refractivity contribution in [1.82, 2.24) is 0 Å². The van der Waals surface area contributed by atoms with E-state index in [2.05, 4.69) is 4.31 Å². The molecule has 0 radical (unpaired) electrons. The molecule has 0 aliphatic heterocycles. The van der Waals surface area contributed by atoms with E-state index in [1.54, 1.807) is 0 Å². The quantitative estimate of drug-likeness (QED) is 0.364. The second-order valence-electron chi connectivity index (χ2n) is 0.976. The van der Waals surface area contributed by atoms with Gasteiger partial charge in [0.25, 0.3) is 0 Å². The fraction of sp³-hybridized carbons (Fsp3) is 0. The molecule has 11 heteroatoms. The Morgan fingerprint density at radius 1 is 0.909 bits per heavy atom. The summed E-state index contributed by atoms with van der Waals surface area (Å²) >= 11 is 0. The Hall–Kier alpha value is 2.14. The van der Waals surface area contributed by atoms with Crippen LogP contribution in [0.3, 0.4) is 0 Å². The summed E-state index contributed by atoms with van der Waals surface area (Å²) in [5.74, 6) is 0. The van der Waals surface area contributed by atoms with E-state index >= 15 is 0 Å². The van der Waals surface area contributed by atoms with Crippen LogP contribution in [0.5, 0.6) is 0 Å². The fourth-order valence-corrected chi connectivity index (χ4v) is 1.10. The largest absolute Gasteiger partial charge is 4.00 e. The van der Waals surface area contributed by atoms with Crippen LogP contribution in [0.1, 0.15) is 0 Å². The normalized spacial score (nSPS) is 11.3. The zero-order valence-corrected chi connectivity index (χ0v) is 11.5. The molecule has 56 valence electrons. The van der Waals surface area contributed by atoms with Crippen LogP contribution in [0.25, 0.3) is 0 Å². The third-order valence-electron chi connectivity index (χ3n) is 0.200. The van der Waals surface area contributed by atoms with Gasteiger partial charge in [-0.05, 0) is 0 Å². The van der Waals surface area contributed by atoms with Gasteiger partial charge in [-0.2, -0.15) is 0 Å². The molecule has 0 aromatic carbocycles. The van der Waals surface area contributed by atoms with Crippen LogP contribution in [0.15, 0.2) is 0 Å². The van der Waals surface area contributed by atoms with Crippen LogP contribution in [0, 0.1) is 0 Å². The van der Waals surface area contributed by atoms with Gasteiger partial charge in [0, 0.05) is 0 Å². The van der Waals surface area contributed by atoms with Gasteiger partial charge in [-0.1, -0.05) is 0 Å². The first-order valence-electron chi connectivity index (χ1n) is 1.46. The third-order valence-corrected chi connectivity index (χ3v) is 1.80. The standard InChI is InChI=1S/Na.H4O7P2.Zr/c;1-8(2,3)7-9(4,5)6;/h;(H2,1,2,3)(H2,4,5,6);/q+1;;+4/p-4. The minimum atomic E-state index is -5.68. The van der Waals surface area contributed by atoms with Gasteiger partial charge < -0.3 is 33.0 Å². The van der Waals surface area contributed by atoms with Crippen LogP contribution in [-0.4, -0.2) is 0 Å². The summed E-state index contributed by atoms with van der Waals surface area (Å²) in [6.45, 7) is 0. The third kappa shape index (κ3) is 18.8. The van der Waals surface area contributed by atoms with Gasteiger partial charge in [0.2, 0.25) is 0 Å². The number of hydrogen-bond acceptors (Lipinski definition) is 7. The molecular weight excluding hydrogens is 288 g/mol. The van der Waals surface area contributed by atoms with Crippen molar-refractivity contribution >= 4 is 15.6 Å². The van der Waals surface area contributed by atoms with Crippen molar-refractivity contribution in [3.05, 3.63) is 0 Å². The Kier molecular flexibility index (Phi) is 11.3. The molecule has 0 rings (SSSR count). The van der Waals surface area contributed by atoms with E-state index in [0.29, 0.717) is 0 Å². The van der Waals surface area contributed by atoms with E-state index in [1.165, 1.54) is 0 Å². The Labute approximate surface area is 103 Å². The first-order valence-corrected chi connectivity index (χ1v) is 4.38. The molecule has 0 N–H and O–H groups in total. The summed E-state index contributed by atoms with van der Waals surface area (Å²) in [6.07, 6.45) is 0. The second-order valence-corrected chi connectivity index (χ2v) is 3.42. The van der Waals surface area contributed by atoms with Crippen molar-refractivity contribution in [2.45, 2.75) is 0 Å². The molecule has 0 aliphatic carbocycles. The average molecular weight is 288 g/mol. The van der Waals surface area contributed by atoms with E-state index in [1.807, 2.05) is 0 Å².